The van der Waals surface area contributed by atoms with E-state index in [9.17, 15) is 4.79 Å². The number of carbonyl (C=O) groups excluding carboxylic acids is 1. The van der Waals surface area contributed by atoms with Crippen LogP contribution >= 0.6 is 11.8 Å². The van der Waals surface area contributed by atoms with Gasteiger partial charge in [0.15, 0.2) is 0 Å². The van der Waals surface area contributed by atoms with Gasteiger partial charge in [-0.3, -0.25) is 4.79 Å². The monoisotopic (exact) mass is 381 g/mol. The number of carbonyl (C=O) groups is 1. The zero-order valence-corrected chi connectivity index (χ0v) is 16.7. The Hall–Kier alpha value is -2.73. The van der Waals surface area contributed by atoms with Gasteiger partial charge in [0.25, 0.3) is 5.91 Å². The van der Waals surface area contributed by atoms with Crippen LogP contribution in [0.15, 0.2) is 59.8 Å². The topological polar surface area (TPSA) is 56.1 Å². The normalized spacial score (nSPS) is 11.9. The van der Waals surface area contributed by atoms with Crippen molar-refractivity contribution in [3.8, 4) is 5.75 Å². The first-order valence-electron chi connectivity index (χ1n) is 8.60. The summed E-state index contributed by atoms with van der Waals surface area (Å²) in [6.07, 6.45) is 5.60. The van der Waals surface area contributed by atoms with Crippen molar-refractivity contribution < 1.29 is 9.53 Å². The predicted octanol–water partition coefficient (Wildman–Crippen LogP) is 3.98. The van der Waals surface area contributed by atoms with Gasteiger partial charge in [0, 0.05) is 29.9 Å². The van der Waals surface area contributed by atoms with Crippen molar-refractivity contribution in [3.05, 3.63) is 77.4 Å². The van der Waals surface area contributed by atoms with Crippen LogP contribution in [0.25, 0.3) is 0 Å². The first-order chi connectivity index (χ1) is 13.0. The van der Waals surface area contributed by atoms with E-state index < -0.39 is 0 Å². The van der Waals surface area contributed by atoms with E-state index in [4.69, 9.17) is 4.74 Å². The molecular weight excluding hydrogens is 358 g/mol. The van der Waals surface area contributed by atoms with E-state index in [1.165, 1.54) is 0 Å². The maximum atomic E-state index is 13.1. The average molecular weight is 382 g/mol. The summed E-state index contributed by atoms with van der Waals surface area (Å²) in [6, 6.07) is 13.2. The molecular formula is C21H23N3O2S. The number of rotatable bonds is 6. The number of imidazole rings is 1. The van der Waals surface area contributed by atoms with Crippen molar-refractivity contribution in [1.29, 1.82) is 0 Å². The molecule has 0 saturated heterocycles. The van der Waals surface area contributed by atoms with Crippen LogP contribution in [0.5, 0.6) is 5.75 Å². The van der Waals surface area contributed by atoms with Gasteiger partial charge in [-0.25, -0.2) is 4.98 Å². The summed E-state index contributed by atoms with van der Waals surface area (Å²) in [5.41, 5.74) is 2.52. The Balaban J connectivity index is 1.99. The smallest absolute Gasteiger partial charge is 0.252 e. The van der Waals surface area contributed by atoms with Crippen LogP contribution in [0, 0.1) is 6.92 Å². The molecule has 27 heavy (non-hydrogen) atoms. The lowest BCUT2D eigenvalue weighted by atomic mass is 10.0. The Morgan fingerprint density at radius 2 is 2.07 bits per heavy atom. The summed E-state index contributed by atoms with van der Waals surface area (Å²) in [4.78, 5) is 18.6. The Bertz CT molecular complexity index is 952. The number of nitrogens with zero attached hydrogens (tertiary/aromatic N) is 2. The number of benzene rings is 2. The molecule has 140 valence electrons. The van der Waals surface area contributed by atoms with Crippen molar-refractivity contribution >= 4 is 17.7 Å². The first kappa shape index (κ1) is 19.0. The van der Waals surface area contributed by atoms with Crippen LogP contribution in [0.3, 0.4) is 0 Å². The third kappa shape index (κ3) is 4.17. The van der Waals surface area contributed by atoms with Crippen LogP contribution in [0.4, 0.5) is 0 Å². The van der Waals surface area contributed by atoms with Crippen LogP contribution in [-0.4, -0.2) is 28.8 Å². The largest absolute Gasteiger partial charge is 0.497 e. The standard InChI is InChI=1S/C21H23N3O2S/c1-14-8-9-17(27-4)13-18(14)21(25)23-19(20-22-10-11-24(20)2)15-6-5-7-16(12-15)26-3/h5-13,19H,1-4H3,(H,23,25). The number of ether oxygens (including phenoxy) is 1. The van der Waals surface area contributed by atoms with Gasteiger partial charge in [-0.1, -0.05) is 18.2 Å². The molecule has 1 N–H and O–H groups in total. The Kier molecular flexibility index (Phi) is 5.86. The third-order valence-corrected chi connectivity index (χ3v) is 5.23. The second kappa shape index (κ2) is 8.31. The molecule has 0 aliphatic rings. The lowest BCUT2D eigenvalue weighted by Crippen LogP contribution is -2.31. The Labute approximate surface area is 163 Å². The molecule has 1 amide bonds. The summed E-state index contributed by atoms with van der Waals surface area (Å²) in [6.45, 7) is 1.94. The van der Waals surface area contributed by atoms with E-state index >= 15 is 0 Å². The number of thioether (sulfide) groups is 1. The van der Waals surface area contributed by atoms with Crippen LogP contribution < -0.4 is 10.1 Å². The third-order valence-electron chi connectivity index (χ3n) is 4.51. The Morgan fingerprint density at radius 1 is 1.26 bits per heavy atom. The van der Waals surface area contributed by atoms with E-state index in [2.05, 4.69) is 10.3 Å². The molecule has 5 nitrogen and oxygen atoms in total. The van der Waals surface area contributed by atoms with Gasteiger partial charge in [0.05, 0.1) is 7.11 Å². The predicted molar refractivity (Wildman–Crippen MR) is 108 cm³/mol. The van der Waals surface area contributed by atoms with Gasteiger partial charge < -0.3 is 14.6 Å². The van der Waals surface area contributed by atoms with E-state index in [0.29, 0.717) is 5.56 Å². The number of nitrogens with one attached hydrogen (secondary N) is 1. The van der Waals surface area contributed by atoms with Crippen LogP contribution in [0.1, 0.15) is 33.4 Å². The number of hydrogen-bond acceptors (Lipinski definition) is 4. The Morgan fingerprint density at radius 3 is 2.74 bits per heavy atom. The molecule has 3 aromatic rings. The first-order valence-corrected chi connectivity index (χ1v) is 9.82. The van der Waals surface area contributed by atoms with Gasteiger partial charge in [0.2, 0.25) is 0 Å². The van der Waals surface area contributed by atoms with Crippen molar-refractivity contribution in [2.24, 2.45) is 7.05 Å². The highest BCUT2D eigenvalue weighted by atomic mass is 32.2. The average Bonchev–Trinajstić information content (AvgIpc) is 3.12. The zero-order chi connectivity index (χ0) is 19.4. The summed E-state index contributed by atoms with van der Waals surface area (Å²) in [7, 11) is 3.55. The van der Waals surface area contributed by atoms with Gasteiger partial charge in [-0.2, -0.15) is 0 Å². The fraction of sp³-hybridized carbons (Fsp3) is 0.238. The zero-order valence-electron chi connectivity index (χ0n) is 15.9. The second-order valence-corrected chi connectivity index (χ2v) is 7.14. The molecule has 0 aliphatic heterocycles. The lowest BCUT2D eigenvalue weighted by molar-refractivity contribution is 0.0940. The van der Waals surface area contributed by atoms with E-state index in [-0.39, 0.29) is 11.9 Å². The fourth-order valence-electron chi connectivity index (χ4n) is 2.95. The van der Waals surface area contributed by atoms with Gasteiger partial charge >= 0.3 is 0 Å². The van der Waals surface area contributed by atoms with Crippen molar-refractivity contribution in [2.45, 2.75) is 17.9 Å². The molecule has 0 bridgehead atoms. The number of aromatic nitrogens is 2. The highest BCUT2D eigenvalue weighted by Crippen LogP contribution is 2.26. The van der Waals surface area contributed by atoms with Crippen molar-refractivity contribution in [2.75, 3.05) is 13.4 Å². The molecule has 0 fully saturated rings. The molecule has 1 aromatic heterocycles. The molecule has 1 unspecified atom stereocenters. The highest BCUT2D eigenvalue weighted by molar-refractivity contribution is 7.98. The summed E-state index contributed by atoms with van der Waals surface area (Å²) >= 11 is 1.62. The summed E-state index contributed by atoms with van der Waals surface area (Å²) < 4.78 is 7.26. The molecule has 1 atom stereocenters. The second-order valence-electron chi connectivity index (χ2n) is 6.26. The van der Waals surface area contributed by atoms with E-state index in [1.807, 2.05) is 73.5 Å². The molecule has 0 spiro atoms. The maximum Gasteiger partial charge on any atom is 0.252 e. The molecule has 1 heterocycles. The number of methoxy groups -OCH3 is 1. The maximum absolute atomic E-state index is 13.1. The molecule has 3 rings (SSSR count). The summed E-state index contributed by atoms with van der Waals surface area (Å²) in [5, 5.41) is 3.15. The fourth-order valence-corrected chi connectivity index (χ4v) is 3.39. The molecule has 0 saturated carbocycles. The highest BCUT2D eigenvalue weighted by Gasteiger charge is 2.22. The number of amides is 1. The molecule has 6 heteroatoms. The minimum absolute atomic E-state index is 0.126. The minimum Gasteiger partial charge on any atom is -0.497 e. The van der Waals surface area contributed by atoms with Crippen molar-refractivity contribution in [3.63, 3.8) is 0 Å². The van der Waals surface area contributed by atoms with E-state index in [0.717, 1.165) is 27.6 Å². The molecule has 0 aliphatic carbocycles. The van der Waals surface area contributed by atoms with Gasteiger partial charge in [-0.05, 0) is 48.6 Å². The number of hydrogen-bond donors (Lipinski definition) is 1. The quantitative estimate of drug-likeness (QED) is 0.656. The van der Waals surface area contributed by atoms with Gasteiger partial charge in [0.1, 0.15) is 17.6 Å². The summed E-state index contributed by atoms with van der Waals surface area (Å²) in [5.74, 6) is 1.37. The molecule has 2 aromatic carbocycles. The van der Waals surface area contributed by atoms with E-state index in [1.54, 1.807) is 25.1 Å². The minimum atomic E-state index is -0.384. The van der Waals surface area contributed by atoms with Crippen LogP contribution in [-0.2, 0) is 7.05 Å². The van der Waals surface area contributed by atoms with Crippen LogP contribution in [0.2, 0.25) is 0 Å². The number of aryl methyl sites for hydroxylation is 2. The van der Waals surface area contributed by atoms with Gasteiger partial charge in [-0.15, -0.1) is 11.8 Å². The van der Waals surface area contributed by atoms with Crippen molar-refractivity contribution in [1.82, 2.24) is 14.9 Å². The molecule has 0 radical (unpaired) electrons. The lowest BCUT2D eigenvalue weighted by Gasteiger charge is -2.20. The SMILES string of the molecule is COc1cccc(C(NC(=O)c2cc(SC)ccc2C)c2nccn2C)c1.